The highest BCUT2D eigenvalue weighted by molar-refractivity contribution is 8.03. The predicted molar refractivity (Wildman–Crippen MR) is 102 cm³/mol. The molecule has 1 aliphatic heterocycles. The number of allylic oxidation sites excluding steroid dienone is 1. The summed E-state index contributed by atoms with van der Waals surface area (Å²) in [6.45, 7) is 3.42. The van der Waals surface area contributed by atoms with Crippen LogP contribution < -0.4 is 10.6 Å². The molecular formula is C20H20N4O2S. The van der Waals surface area contributed by atoms with E-state index in [1.807, 2.05) is 36.4 Å². The van der Waals surface area contributed by atoms with Crippen molar-refractivity contribution in [3.63, 3.8) is 0 Å². The molecule has 0 saturated heterocycles. The van der Waals surface area contributed by atoms with Crippen molar-refractivity contribution in [2.75, 3.05) is 0 Å². The summed E-state index contributed by atoms with van der Waals surface area (Å²) in [6.07, 6.45) is 1.94. The van der Waals surface area contributed by atoms with E-state index in [9.17, 15) is 20.1 Å². The zero-order chi connectivity index (χ0) is 19.6. The highest BCUT2D eigenvalue weighted by Crippen LogP contribution is 2.45. The maximum Gasteiger partial charge on any atom is 0.243 e. The fraction of sp³-hybridized carbons (Fsp3) is 0.400. The smallest absolute Gasteiger partial charge is 0.243 e. The van der Waals surface area contributed by atoms with Crippen LogP contribution in [0.3, 0.4) is 0 Å². The van der Waals surface area contributed by atoms with Crippen LogP contribution in [-0.4, -0.2) is 17.9 Å². The third-order valence-corrected chi connectivity index (χ3v) is 6.10. The van der Waals surface area contributed by atoms with Gasteiger partial charge in [-0.2, -0.15) is 10.5 Å². The van der Waals surface area contributed by atoms with Crippen LogP contribution in [0.4, 0.5) is 0 Å². The number of thioether (sulfide) groups is 1. The highest BCUT2D eigenvalue weighted by Gasteiger charge is 2.45. The van der Waals surface area contributed by atoms with Crippen LogP contribution in [0.1, 0.15) is 37.5 Å². The summed E-state index contributed by atoms with van der Waals surface area (Å²) in [4.78, 5) is 25.2. The van der Waals surface area contributed by atoms with Crippen molar-refractivity contribution in [1.82, 2.24) is 10.6 Å². The van der Waals surface area contributed by atoms with Gasteiger partial charge in [0.1, 0.15) is 11.2 Å². The number of carbonyl (C=O) groups is 2. The molecule has 3 rings (SSSR count). The van der Waals surface area contributed by atoms with Gasteiger partial charge in [0, 0.05) is 11.5 Å². The van der Waals surface area contributed by atoms with Gasteiger partial charge in [0.05, 0.1) is 22.7 Å². The van der Waals surface area contributed by atoms with Crippen molar-refractivity contribution in [3.05, 3.63) is 46.5 Å². The van der Waals surface area contributed by atoms with Crippen molar-refractivity contribution in [2.45, 2.75) is 38.0 Å². The number of amides is 2. The molecule has 1 saturated carbocycles. The molecule has 2 amide bonds. The molecule has 2 aliphatic rings. The SMILES string of the molecule is CC1(C)C(C#N)=C(S[C@H](C(=O)NC2CC2)c2ccccc2)NC(=O)[C@H]1C#N. The van der Waals surface area contributed by atoms with E-state index in [0.29, 0.717) is 10.6 Å². The Morgan fingerprint density at radius 2 is 1.96 bits per heavy atom. The molecule has 7 heteroatoms. The van der Waals surface area contributed by atoms with E-state index in [1.54, 1.807) is 13.8 Å². The molecule has 0 radical (unpaired) electrons. The fourth-order valence-corrected chi connectivity index (χ4v) is 4.33. The zero-order valence-corrected chi connectivity index (χ0v) is 16.0. The number of nitriles is 2. The second-order valence-electron chi connectivity index (χ2n) is 7.28. The predicted octanol–water partition coefficient (Wildman–Crippen LogP) is 2.77. The van der Waals surface area contributed by atoms with Gasteiger partial charge in [0.2, 0.25) is 11.8 Å². The molecule has 2 N–H and O–H groups in total. The highest BCUT2D eigenvalue weighted by atomic mass is 32.2. The average molecular weight is 380 g/mol. The van der Waals surface area contributed by atoms with Gasteiger partial charge in [0.25, 0.3) is 0 Å². The van der Waals surface area contributed by atoms with Gasteiger partial charge in [-0.05, 0) is 18.4 Å². The van der Waals surface area contributed by atoms with Crippen LogP contribution in [0.15, 0.2) is 40.9 Å². The largest absolute Gasteiger partial charge is 0.352 e. The monoisotopic (exact) mass is 380 g/mol. The number of rotatable bonds is 5. The minimum Gasteiger partial charge on any atom is -0.352 e. The van der Waals surface area contributed by atoms with Gasteiger partial charge in [-0.15, -0.1) is 0 Å². The first kappa shape index (κ1) is 19.0. The quantitative estimate of drug-likeness (QED) is 0.817. The van der Waals surface area contributed by atoms with Gasteiger partial charge >= 0.3 is 0 Å². The van der Waals surface area contributed by atoms with Gasteiger partial charge in [-0.1, -0.05) is 55.9 Å². The first-order valence-corrected chi connectivity index (χ1v) is 9.63. The van der Waals surface area contributed by atoms with E-state index < -0.39 is 22.5 Å². The minimum absolute atomic E-state index is 0.145. The lowest BCUT2D eigenvalue weighted by atomic mass is 9.72. The molecule has 1 fully saturated rings. The molecule has 0 spiro atoms. The molecule has 6 nitrogen and oxygen atoms in total. The number of benzene rings is 1. The van der Waals surface area contributed by atoms with Crippen LogP contribution in [0.2, 0.25) is 0 Å². The molecule has 27 heavy (non-hydrogen) atoms. The maximum absolute atomic E-state index is 12.8. The Morgan fingerprint density at radius 3 is 2.52 bits per heavy atom. The number of hydrogen-bond acceptors (Lipinski definition) is 5. The van der Waals surface area contributed by atoms with Crippen molar-refractivity contribution < 1.29 is 9.59 Å². The summed E-state index contributed by atoms with van der Waals surface area (Å²) < 4.78 is 0. The lowest BCUT2D eigenvalue weighted by Crippen LogP contribution is -2.45. The molecule has 0 aromatic heterocycles. The average Bonchev–Trinajstić information content (AvgIpc) is 3.43. The van der Waals surface area contributed by atoms with Gasteiger partial charge < -0.3 is 10.6 Å². The number of nitrogens with zero attached hydrogens (tertiary/aromatic N) is 2. The fourth-order valence-electron chi connectivity index (χ4n) is 3.04. The lowest BCUT2D eigenvalue weighted by molar-refractivity contribution is -0.125. The van der Waals surface area contributed by atoms with E-state index in [2.05, 4.69) is 16.7 Å². The Kier molecular flexibility index (Phi) is 5.25. The lowest BCUT2D eigenvalue weighted by Gasteiger charge is -2.35. The third kappa shape index (κ3) is 3.84. The molecule has 1 heterocycles. The summed E-state index contributed by atoms with van der Waals surface area (Å²) in [7, 11) is 0. The molecule has 1 aliphatic carbocycles. The van der Waals surface area contributed by atoms with E-state index in [0.717, 1.165) is 30.2 Å². The number of carbonyl (C=O) groups excluding carboxylic acids is 2. The Morgan fingerprint density at radius 1 is 1.30 bits per heavy atom. The van der Waals surface area contributed by atoms with Gasteiger partial charge in [0.15, 0.2) is 0 Å². The summed E-state index contributed by atoms with van der Waals surface area (Å²) in [5, 5.41) is 24.5. The van der Waals surface area contributed by atoms with E-state index in [1.165, 1.54) is 0 Å². The molecule has 0 bridgehead atoms. The summed E-state index contributed by atoms with van der Waals surface area (Å²) in [5.74, 6) is -1.54. The van der Waals surface area contributed by atoms with Gasteiger partial charge in [-0.3, -0.25) is 9.59 Å². The molecule has 138 valence electrons. The Balaban J connectivity index is 1.98. The van der Waals surface area contributed by atoms with E-state index in [4.69, 9.17) is 0 Å². The van der Waals surface area contributed by atoms with Gasteiger partial charge in [-0.25, -0.2) is 0 Å². The van der Waals surface area contributed by atoms with Crippen molar-refractivity contribution in [2.24, 2.45) is 11.3 Å². The Bertz CT molecular complexity index is 875. The van der Waals surface area contributed by atoms with Crippen LogP contribution >= 0.6 is 11.8 Å². The number of hydrogen-bond donors (Lipinski definition) is 2. The van der Waals surface area contributed by atoms with Crippen LogP contribution in [0.25, 0.3) is 0 Å². The van der Waals surface area contributed by atoms with Crippen LogP contribution in [0, 0.1) is 34.0 Å². The molecular weight excluding hydrogens is 360 g/mol. The number of nitrogens with one attached hydrogen (secondary N) is 2. The standard InChI is InChI=1S/C20H20N4O2S/c1-20(2)14(10-21)17(25)24-19(15(20)11-22)27-16(12-6-4-3-5-7-12)18(26)23-13-8-9-13/h3-7,13-14,16H,8-9H2,1-2H3,(H,23,26)(H,24,25)/t14-,16+/m1/s1. The Hall–Kier alpha value is -2.77. The molecule has 2 atom stereocenters. The summed E-state index contributed by atoms with van der Waals surface area (Å²) >= 11 is 1.15. The van der Waals surface area contributed by atoms with Crippen LogP contribution in [0.5, 0.6) is 0 Å². The van der Waals surface area contributed by atoms with Crippen molar-refractivity contribution in [1.29, 1.82) is 10.5 Å². The second kappa shape index (κ2) is 7.46. The topological polar surface area (TPSA) is 106 Å². The minimum atomic E-state index is -0.952. The zero-order valence-electron chi connectivity index (χ0n) is 15.2. The van der Waals surface area contributed by atoms with E-state index >= 15 is 0 Å². The summed E-state index contributed by atoms with van der Waals surface area (Å²) in [5.41, 5.74) is 0.182. The molecule has 0 unspecified atom stereocenters. The Labute approximate surface area is 162 Å². The molecule has 1 aromatic rings. The van der Waals surface area contributed by atoms with E-state index in [-0.39, 0.29) is 11.9 Å². The maximum atomic E-state index is 12.8. The normalized spacial score (nSPS) is 22.2. The van der Waals surface area contributed by atoms with Crippen molar-refractivity contribution in [3.8, 4) is 12.1 Å². The third-order valence-electron chi connectivity index (χ3n) is 4.83. The first-order chi connectivity index (χ1) is 12.9. The first-order valence-electron chi connectivity index (χ1n) is 8.75. The summed E-state index contributed by atoms with van der Waals surface area (Å²) in [6, 6.07) is 13.6. The van der Waals surface area contributed by atoms with Crippen molar-refractivity contribution >= 4 is 23.6 Å². The second-order valence-corrected chi connectivity index (χ2v) is 8.40. The molecule has 1 aromatic carbocycles. The van der Waals surface area contributed by atoms with Crippen LogP contribution in [-0.2, 0) is 9.59 Å².